The number of furan rings is 1. The number of fused-ring (bicyclic) bond motifs is 13. The third kappa shape index (κ3) is 4.52. The van der Waals surface area contributed by atoms with Gasteiger partial charge in [-0.15, -0.1) is 0 Å². The molecule has 1 heterocycles. The smallest absolute Gasteiger partial charge is 0.143 e. The van der Waals surface area contributed by atoms with E-state index in [2.05, 4.69) is 202 Å². The Morgan fingerprint density at radius 2 is 0.800 bits per heavy atom. The average Bonchev–Trinajstić information content (AvgIpc) is 3.79. The van der Waals surface area contributed by atoms with Crippen LogP contribution < -0.4 is 0 Å². The van der Waals surface area contributed by atoms with E-state index < -0.39 is 0 Å². The van der Waals surface area contributed by atoms with E-state index in [1.165, 1.54) is 115 Å². The van der Waals surface area contributed by atoms with Crippen molar-refractivity contribution in [2.75, 3.05) is 0 Å². The van der Waals surface area contributed by atoms with Gasteiger partial charge in [-0.05, 0) is 122 Å². The molecular formula is C59H38O. The van der Waals surface area contributed by atoms with Gasteiger partial charge in [0.25, 0.3) is 0 Å². The molecule has 0 fully saturated rings. The van der Waals surface area contributed by atoms with E-state index in [9.17, 15) is 0 Å². The first-order valence-electron chi connectivity index (χ1n) is 21.0. The average molecular weight is 763 g/mol. The minimum Gasteiger partial charge on any atom is -0.455 e. The second kappa shape index (κ2) is 12.3. The normalized spacial score (nSPS) is 13.3. The van der Waals surface area contributed by atoms with Gasteiger partial charge in [-0.2, -0.15) is 0 Å². The summed E-state index contributed by atoms with van der Waals surface area (Å²) in [5.74, 6) is 0. The SMILES string of the molecule is CC1(C)c2cc(-c3ccc(-c4c5ccccc5c(-c5cccc6ccccc56)c5ccccc45)c4ccccc34)ccc2-c2c1ccc1c2ccc2c3ccccc3oc12. The van der Waals surface area contributed by atoms with Crippen LogP contribution in [-0.2, 0) is 5.41 Å². The van der Waals surface area contributed by atoms with Gasteiger partial charge in [0.15, 0.2) is 0 Å². The van der Waals surface area contributed by atoms with Gasteiger partial charge < -0.3 is 4.42 Å². The van der Waals surface area contributed by atoms with Gasteiger partial charge in [0.05, 0.1) is 0 Å². The van der Waals surface area contributed by atoms with E-state index in [1.807, 2.05) is 6.07 Å². The van der Waals surface area contributed by atoms with E-state index in [1.54, 1.807) is 0 Å². The molecule has 0 unspecified atom stereocenters. The fourth-order valence-electron chi connectivity index (χ4n) is 10.9. The Kier molecular flexibility index (Phi) is 6.85. The van der Waals surface area contributed by atoms with Gasteiger partial charge in [-0.3, -0.25) is 0 Å². The summed E-state index contributed by atoms with van der Waals surface area (Å²) >= 11 is 0. The Hall–Kier alpha value is -7.48. The highest BCUT2D eigenvalue weighted by Gasteiger charge is 2.37. The first-order valence-corrected chi connectivity index (χ1v) is 21.0. The highest BCUT2D eigenvalue weighted by Crippen LogP contribution is 2.54. The van der Waals surface area contributed by atoms with Gasteiger partial charge in [-0.1, -0.05) is 190 Å². The molecule has 1 nitrogen and oxygen atoms in total. The monoisotopic (exact) mass is 762 g/mol. The van der Waals surface area contributed by atoms with Crippen LogP contribution in [0.15, 0.2) is 199 Å². The van der Waals surface area contributed by atoms with Crippen molar-refractivity contribution in [1.29, 1.82) is 0 Å². The van der Waals surface area contributed by atoms with Crippen molar-refractivity contribution in [3.8, 4) is 44.5 Å². The fraction of sp³-hybridized carbons (Fsp3) is 0.0508. The molecule has 0 spiro atoms. The second-order valence-corrected chi connectivity index (χ2v) is 17.1. The van der Waals surface area contributed by atoms with E-state index in [0.717, 1.165) is 16.6 Å². The lowest BCUT2D eigenvalue weighted by molar-refractivity contribution is 0.660. The van der Waals surface area contributed by atoms with E-state index in [4.69, 9.17) is 4.42 Å². The maximum absolute atomic E-state index is 6.51. The number of hydrogen-bond acceptors (Lipinski definition) is 1. The molecule has 0 bridgehead atoms. The molecule has 1 aliphatic carbocycles. The quantitative estimate of drug-likeness (QED) is 0.163. The highest BCUT2D eigenvalue weighted by atomic mass is 16.3. The summed E-state index contributed by atoms with van der Waals surface area (Å²) in [6.45, 7) is 4.76. The predicted molar refractivity (Wildman–Crippen MR) is 255 cm³/mol. The molecule has 0 amide bonds. The van der Waals surface area contributed by atoms with Crippen LogP contribution in [0.25, 0.3) is 120 Å². The molecule has 13 rings (SSSR count). The Labute approximate surface area is 347 Å². The van der Waals surface area contributed by atoms with E-state index in [0.29, 0.717) is 0 Å². The van der Waals surface area contributed by atoms with Crippen molar-refractivity contribution in [3.63, 3.8) is 0 Å². The summed E-state index contributed by atoms with van der Waals surface area (Å²) in [7, 11) is 0. The van der Waals surface area contributed by atoms with Crippen molar-refractivity contribution in [2.24, 2.45) is 0 Å². The molecule has 0 radical (unpaired) electrons. The molecule has 0 N–H and O–H groups in total. The van der Waals surface area contributed by atoms with Crippen LogP contribution in [0, 0.1) is 0 Å². The summed E-state index contributed by atoms with van der Waals surface area (Å²) in [6, 6.07) is 71.9. The highest BCUT2D eigenvalue weighted by molar-refractivity contribution is 6.26. The van der Waals surface area contributed by atoms with Crippen LogP contribution >= 0.6 is 0 Å². The number of para-hydroxylation sites is 1. The third-order valence-electron chi connectivity index (χ3n) is 13.7. The molecular weight excluding hydrogens is 725 g/mol. The Morgan fingerprint density at radius 1 is 0.317 bits per heavy atom. The zero-order valence-corrected chi connectivity index (χ0v) is 33.4. The summed E-state index contributed by atoms with van der Waals surface area (Å²) in [4.78, 5) is 0. The van der Waals surface area contributed by atoms with Gasteiger partial charge in [0.2, 0.25) is 0 Å². The molecule has 0 aliphatic heterocycles. The molecule has 1 aliphatic rings. The molecule has 0 saturated heterocycles. The van der Waals surface area contributed by atoms with Gasteiger partial charge in [0, 0.05) is 21.6 Å². The van der Waals surface area contributed by atoms with Crippen molar-refractivity contribution in [1.82, 2.24) is 0 Å². The van der Waals surface area contributed by atoms with Crippen LogP contribution in [0.2, 0.25) is 0 Å². The molecule has 1 heteroatoms. The molecule has 0 atom stereocenters. The van der Waals surface area contributed by atoms with Crippen LogP contribution in [0.5, 0.6) is 0 Å². The lowest BCUT2D eigenvalue weighted by Gasteiger charge is -2.23. The van der Waals surface area contributed by atoms with Gasteiger partial charge in [0.1, 0.15) is 11.2 Å². The van der Waals surface area contributed by atoms with Gasteiger partial charge in [-0.25, -0.2) is 0 Å². The molecule has 1 aromatic heterocycles. The Bertz CT molecular complexity index is 3740. The first-order chi connectivity index (χ1) is 29.5. The van der Waals surface area contributed by atoms with E-state index >= 15 is 0 Å². The minimum atomic E-state index is -0.170. The minimum absolute atomic E-state index is 0.170. The molecule has 12 aromatic rings. The fourth-order valence-corrected chi connectivity index (χ4v) is 10.9. The predicted octanol–water partition coefficient (Wildman–Crippen LogP) is 16.7. The summed E-state index contributed by atoms with van der Waals surface area (Å²) in [5, 5.41) is 14.9. The molecule has 0 saturated carbocycles. The third-order valence-corrected chi connectivity index (χ3v) is 13.7. The lowest BCUT2D eigenvalue weighted by Crippen LogP contribution is -2.15. The van der Waals surface area contributed by atoms with Crippen LogP contribution in [0.3, 0.4) is 0 Å². The van der Waals surface area contributed by atoms with Crippen molar-refractivity contribution in [3.05, 3.63) is 205 Å². The summed E-state index contributed by atoms with van der Waals surface area (Å²) < 4.78 is 6.51. The summed E-state index contributed by atoms with van der Waals surface area (Å²) in [6.07, 6.45) is 0. The number of rotatable bonds is 3. The van der Waals surface area contributed by atoms with Gasteiger partial charge >= 0.3 is 0 Å². The largest absolute Gasteiger partial charge is 0.455 e. The molecule has 280 valence electrons. The topological polar surface area (TPSA) is 13.1 Å². The number of hydrogen-bond donors (Lipinski definition) is 0. The van der Waals surface area contributed by atoms with E-state index in [-0.39, 0.29) is 5.41 Å². The number of benzene rings is 11. The standard InChI is InChI=1S/C59H38O/c1-59(2)52-33-32-50-48(30-31-49-41-19-11-12-25-54(41)60-58(49)50)57(52)51-27-26-36(34-53(51)59)38-28-29-47(40-18-6-5-17-39(38)40)56-45-22-9-7-20-43(45)55(44-21-8-10-23-46(44)56)42-24-13-15-35-14-3-4-16-37(35)42/h3-34H,1-2H3. The molecule has 11 aromatic carbocycles. The van der Waals surface area contributed by atoms with Crippen LogP contribution in [0.1, 0.15) is 25.0 Å². The lowest BCUT2D eigenvalue weighted by atomic mass is 9.80. The zero-order chi connectivity index (χ0) is 39.7. The van der Waals surface area contributed by atoms with Crippen molar-refractivity contribution in [2.45, 2.75) is 19.3 Å². The molecule has 60 heavy (non-hydrogen) atoms. The van der Waals surface area contributed by atoms with Crippen molar-refractivity contribution < 1.29 is 4.42 Å². The Morgan fingerprint density at radius 3 is 1.52 bits per heavy atom. The zero-order valence-electron chi connectivity index (χ0n) is 33.4. The second-order valence-electron chi connectivity index (χ2n) is 17.1. The maximum atomic E-state index is 6.51. The van der Waals surface area contributed by atoms with Crippen LogP contribution in [-0.4, -0.2) is 0 Å². The maximum Gasteiger partial charge on any atom is 0.143 e. The first kappa shape index (κ1) is 33.5. The Balaban J connectivity index is 1.01. The van der Waals surface area contributed by atoms with Crippen LogP contribution in [0.4, 0.5) is 0 Å². The summed E-state index contributed by atoms with van der Waals surface area (Å²) in [5.41, 5.74) is 14.7. The van der Waals surface area contributed by atoms with Crippen molar-refractivity contribution >= 4 is 75.8 Å².